The normalized spacial score (nSPS) is 9.00. The van der Waals surface area contributed by atoms with Crippen molar-refractivity contribution in [3.05, 3.63) is 12.7 Å². The van der Waals surface area contributed by atoms with E-state index in [1.807, 2.05) is 0 Å². The lowest BCUT2D eigenvalue weighted by atomic mass is 10.7. The summed E-state index contributed by atoms with van der Waals surface area (Å²) in [6.45, 7) is 3.16. The van der Waals surface area contributed by atoms with Crippen LogP contribution in [0.5, 0.6) is 0 Å². The molecule has 2 heteroatoms. The summed E-state index contributed by atoms with van der Waals surface area (Å²) in [5, 5.41) is 2.11. The fourth-order valence-corrected chi connectivity index (χ4v) is 0.0398. The summed E-state index contributed by atoms with van der Waals surface area (Å²) >= 11 is 0. The molecule has 0 atom stereocenters. The Labute approximate surface area is 29.8 Å². The predicted molar refractivity (Wildman–Crippen MR) is 19.8 cm³/mol. The van der Waals surface area contributed by atoms with Crippen molar-refractivity contribution in [3.8, 4) is 0 Å². The summed E-state index contributed by atoms with van der Waals surface area (Å²) in [5.41, 5.74) is 0. The van der Waals surface area contributed by atoms with Crippen molar-refractivity contribution in [2.75, 3.05) is 0 Å². The first-order valence-corrected chi connectivity index (χ1v) is 1.17. The summed E-state index contributed by atoms with van der Waals surface area (Å²) < 4.78 is 10.5. The highest BCUT2D eigenvalue weighted by Crippen LogP contribution is 1.58. The molecule has 5 heavy (non-hydrogen) atoms. The molecule has 0 saturated carbocycles. The number of allylic oxidation sites excluding steroid dienone is 1. The molecule has 0 heterocycles. The molecular formula is C3H4FN. The Kier molecular flexibility index (Phi) is 2.90. The maximum absolute atomic E-state index is 10.5. The molecule has 0 N–H and O–H groups in total. The minimum Gasteiger partial charge on any atom is -0.0974 e. The Morgan fingerprint density at radius 1 is 1.80 bits per heavy atom. The first kappa shape index (κ1) is 4.34. The van der Waals surface area contributed by atoms with Crippen LogP contribution in [0.1, 0.15) is 0 Å². The van der Waals surface area contributed by atoms with Gasteiger partial charge in [0.1, 0.15) is 0 Å². The van der Waals surface area contributed by atoms with E-state index in [2.05, 4.69) is 11.8 Å². The topological polar surface area (TPSA) is 12.4 Å². The number of nitrogens with zero attached hydrogens (tertiary/aromatic N) is 1. The van der Waals surface area contributed by atoms with Crippen molar-refractivity contribution in [3.63, 3.8) is 0 Å². The van der Waals surface area contributed by atoms with Gasteiger partial charge in [-0.2, -0.15) is 0 Å². The van der Waals surface area contributed by atoms with Crippen LogP contribution in [0.25, 0.3) is 0 Å². The van der Waals surface area contributed by atoms with Gasteiger partial charge in [-0.1, -0.05) is 16.3 Å². The number of hydrogen-bond acceptors (Lipinski definition) is 1. The summed E-state index contributed by atoms with van der Waals surface area (Å²) in [6, 6.07) is 0. The van der Waals surface area contributed by atoms with Crippen LogP contribution in [-0.2, 0) is 0 Å². The van der Waals surface area contributed by atoms with Gasteiger partial charge in [-0.25, -0.2) is 0 Å². The third kappa shape index (κ3) is 3.34. The number of rotatable bonds is 1. The van der Waals surface area contributed by atoms with E-state index in [0.717, 1.165) is 6.21 Å². The van der Waals surface area contributed by atoms with Crippen LogP contribution in [0, 0.1) is 0 Å². The van der Waals surface area contributed by atoms with Crippen LogP contribution >= 0.6 is 0 Å². The summed E-state index contributed by atoms with van der Waals surface area (Å²) in [7, 11) is 0. The lowest BCUT2D eigenvalue weighted by Gasteiger charge is -1.52. The zero-order valence-electron chi connectivity index (χ0n) is 2.69. The van der Waals surface area contributed by atoms with E-state index in [1.54, 1.807) is 0 Å². The standard InChI is InChI=1S/C3H4FN/c1-2-3-5-4/h2-3H,1H2. The van der Waals surface area contributed by atoms with Gasteiger partial charge in [-0.3, -0.25) is 0 Å². The van der Waals surface area contributed by atoms with Gasteiger partial charge in [0, 0.05) is 0 Å². The minimum absolute atomic E-state index is 0.972. The highest BCUT2D eigenvalue weighted by atomic mass is 19.2. The van der Waals surface area contributed by atoms with Crippen LogP contribution in [0.2, 0.25) is 0 Å². The Morgan fingerprint density at radius 3 is 2.40 bits per heavy atom. The highest BCUT2D eigenvalue weighted by Gasteiger charge is 1.46. The molecule has 28 valence electrons. The van der Waals surface area contributed by atoms with E-state index in [9.17, 15) is 4.48 Å². The monoisotopic (exact) mass is 73.0 g/mol. The molecule has 0 unspecified atom stereocenters. The van der Waals surface area contributed by atoms with Crippen molar-refractivity contribution in [1.29, 1.82) is 0 Å². The van der Waals surface area contributed by atoms with Crippen molar-refractivity contribution in [1.82, 2.24) is 0 Å². The van der Waals surface area contributed by atoms with Gasteiger partial charge < -0.3 is 0 Å². The molecule has 0 aromatic carbocycles. The Hall–Kier alpha value is -0.660. The summed E-state index contributed by atoms with van der Waals surface area (Å²) in [4.78, 5) is 0. The summed E-state index contributed by atoms with van der Waals surface area (Å²) in [6.07, 6.45) is 2.24. The molecule has 0 aromatic heterocycles. The van der Waals surface area contributed by atoms with Gasteiger partial charge in [-0.15, -0.1) is 0 Å². The quantitative estimate of drug-likeness (QED) is 0.412. The van der Waals surface area contributed by atoms with Gasteiger partial charge in [-0.05, 0) is 6.08 Å². The van der Waals surface area contributed by atoms with E-state index >= 15 is 0 Å². The molecule has 0 spiro atoms. The third-order valence-corrected chi connectivity index (χ3v) is 0.162. The van der Waals surface area contributed by atoms with Crippen molar-refractivity contribution < 1.29 is 4.48 Å². The van der Waals surface area contributed by atoms with Crippen LogP contribution in [0.15, 0.2) is 17.9 Å². The van der Waals surface area contributed by atoms with E-state index in [0.29, 0.717) is 0 Å². The predicted octanol–water partition coefficient (Wildman–Crippen LogP) is 1.13. The Balaban J connectivity index is 2.92. The molecule has 0 rings (SSSR count). The van der Waals surface area contributed by atoms with Gasteiger partial charge in [0.15, 0.2) is 0 Å². The fraction of sp³-hybridized carbons (Fsp3) is 0. The molecule has 0 aromatic rings. The largest absolute Gasteiger partial charge is 0.0974 e. The average molecular weight is 73.1 g/mol. The fourth-order valence-electron chi connectivity index (χ4n) is 0.0398. The zero-order chi connectivity index (χ0) is 4.12. The SMILES string of the molecule is C=CC=NF. The van der Waals surface area contributed by atoms with Gasteiger partial charge in [0.25, 0.3) is 0 Å². The van der Waals surface area contributed by atoms with Gasteiger partial charge >= 0.3 is 0 Å². The molecule has 0 fully saturated rings. The van der Waals surface area contributed by atoms with Gasteiger partial charge in [0.05, 0.1) is 6.21 Å². The maximum atomic E-state index is 10.5. The molecule has 1 nitrogen and oxygen atoms in total. The first-order chi connectivity index (χ1) is 2.41. The van der Waals surface area contributed by atoms with Gasteiger partial charge in [0.2, 0.25) is 0 Å². The number of halogens is 1. The Morgan fingerprint density at radius 2 is 2.40 bits per heavy atom. The third-order valence-electron chi connectivity index (χ3n) is 0.162. The van der Waals surface area contributed by atoms with Crippen molar-refractivity contribution in [2.24, 2.45) is 5.21 Å². The second-order valence-corrected chi connectivity index (χ2v) is 0.482. The molecule has 0 aliphatic heterocycles. The van der Waals surface area contributed by atoms with E-state index in [1.165, 1.54) is 6.08 Å². The molecule has 0 bridgehead atoms. The van der Waals surface area contributed by atoms with E-state index < -0.39 is 0 Å². The summed E-state index contributed by atoms with van der Waals surface area (Å²) in [5.74, 6) is 0. The first-order valence-electron chi connectivity index (χ1n) is 1.17. The molecule has 0 aliphatic carbocycles. The van der Waals surface area contributed by atoms with E-state index in [4.69, 9.17) is 0 Å². The molecular weight excluding hydrogens is 69.0 g/mol. The zero-order valence-corrected chi connectivity index (χ0v) is 2.69. The van der Waals surface area contributed by atoms with Crippen LogP contribution < -0.4 is 0 Å². The Bertz CT molecular complexity index is 48.9. The molecule has 0 amide bonds. The average Bonchev–Trinajstić information content (AvgIpc) is 1.41. The maximum Gasteiger partial charge on any atom is 0.0593 e. The molecule has 0 aliphatic rings. The van der Waals surface area contributed by atoms with Crippen LogP contribution in [0.3, 0.4) is 0 Å². The van der Waals surface area contributed by atoms with Crippen LogP contribution in [0.4, 0.5) is 4.48 Å². The smallest absolute Gasteiger partial charge is 0.0593 e. The minimum atomic E-state index is 0.972. The van der Waals surface area contributed by atoms with Crippen molar-refractivity contribution in [2.45, 2.75) is 0 Å². The van der Waals surface area contributed by atoms with Crippen LogP contribution in [-0.4, -0.2) is 6.21 Å². The second kappa shape index (κ2) is 3.34. The van der Waals surface area contributed by atoms with E-state index in [-0.39, 0.29) is 0 Å². The number of hydrogen-bond donors (Lipinski definition) is 0. The lowest BCUT2D eigenvalue weighted by Crippen LogP contribution is -1.47. The van der Waals surface area contributed by atoms with Crippen molar-refractivity contribution >= 4 is 6.21 Å². The highest BCUT2D eigenvalue weighted by molar-refractivity contribution is 5.69. The second-order valence-electron chi connectivity index (χ2n) is 0.482. The lowest BCUT2D eigenvalue weighted by molar-refractivity contribution is 0.542. The molecule has 0 saturated heterocycles. The molecule has 0 radical (unpaired) electrons.